The van der Waals surface area contributed by atoms with E-state index in [2.05, 4.69) is 39.0 Å². The number of ether oxygens (including phenoxy) is 1. The maximum atomic E-state index is 12.6. The molecule has 160 valence electrons. The molecule has 1 amide bonds. The highest BCUT2D eigenvalue weighted by molar-refractivity contribution is 6.74. The van der Waals surface area contributed by atoms with Crippen LogP contribution >= 0.6 is 0 Å². The van der Waals surface area contributed by atoms with Crippen LogP contribution in [-0.4, -0.2) is 49.8 Å². The second-order valence-electron chi connectivity index (χ2n) is 8.48. The van der Waals surface area contributed by atoms with E-state index in [0.29, 0.717) is 24.4 Å². The van der Waals surface area contributed by atoms with Crippen LogP contribution < -0.4 is 0 Å². The van der Waals surface area contributed by atoms with Crippen molar-refractivity contribution in [3.8, 4) is 0 Å². The van der Waals surface area contributed by atoms with Crippen molar-refractivity contribution < 1.29 is 23.7 Å². The minimum Gasteiger partial charge on any atom is -0.444 e. The first-order valence-electron chi connectivity index (χ1n) is 9.40. The summed E-state index contributed by atoms with van der Waals surface area (Å²) in [5, 5.41) is 14.7. The van der Waals surface area contributed by atoms with Gasteiger partial charge in [0.05, 0.1) is 17.6 Å². The van der Waals surface area contributed by atoms with Crippen LogP contribution in [0.2, 0.25) is 18.1 Å². The third kappa shape index (κ3) is 5.77. The van der Waals surface area contributed by atoms with Crippen molar-refractivity contribution in [2.45, 2.75) is 58.0 Å². The first-order chi connectivity index (χ1) is 13.4. The van der Waals surface area contributed by atoms with E-state index in [-0.39, 0.29) is 23.4 Å². The quantitative estimate of drug-likeness (QED) is 0.384. The molecule has 10 heteroatoms. The van der Waals surface area contributed by atoms with Gasteiger partial charge < -0.3 is 14.0 Å². The van der Waals surface area contributed by atoms with E-state index >= 15 is 0 Å². The van der Waals surface area contributed by atoms with E-state index < -0.39 is 19.3 Å². The van der Waals surface area contributed by atoms with Gasteiger partial charge in [-0.05, 0) is 35.8 Å². The molecule has 0 saturated carbocycles. The van der Waals surface area contributed by atoms with Crippen molar-refractivity contribution in [2.24, 2.45) is 5.16 Å². The van der Waals surface area contributed by atoms with E-state index in [0.717, 1.165) is 0 Å². The van der Waals surface area contributed by atoms with E-state index in [4.69, 9.17) is 14.0 Å². The Morgan fingerprint density at radius 3 is 2.45 bits per heavy atom. The van der Waals surface area contributed by atoms with Gasteiger partial charge in [0.2, 0.25) is 0 Å². The normalized spacial score (nSPS) is 18.8. The van der Waals surface area contributed by atoms with Gasteiger partial charge in [0.15, 0.2) is 14.2 Å². The molecule has 2 rings (SSSR count). The van der Waals surface area contributed by atoms with Crippen LogP contribution in [-0.2, 0) is 20.6 Å². The van der Waals surface area contributed by atoms with Crippen molar-refractivity contribution in [2.75, 3.05) is 13.7 Å². The molecule has 0 radical (unpaired) electrons. The summed E-state index contributed by atoms with van der Waals surface area (Å²) in [6.45, 7) is 11.2. The molecular formula is C19H29N3O6Si. The number of likely N-dealkylation sites (tertiary alicyclic amines) is 1. The van der Waals surface area contributed by atoms with Crippen molar-refractivity contribution in [1.82, 2.24) is 4.90 Å². The zero-order chi connectivity index (χ0) is 21.8. The zero-order valence-corrected chi connectivity index (χ0v) is 18.8. The molecule has 1 fully saturated rings. The average molecular weight is 424 g/mol. The predicted octanol–water partition coefficient (Wildman–Crippen LogP) is 4.29. The van der Waals surface area contributed by atoms with Crippen LogP contribution in [0.3, 0.4) is 0 Å². The van der Waals surface area contributed by atoms with E-state index in [9.17, 15) is 14.9 Å². The number of carbonyl (C=O) groups excluding carboxylic acids is 1. The number of nitro groups is 1. The zero-order valence-electron chi connectivity index (χ0n) is 17.8. The van der Waals surface area contributed by atoms with Gasteiger partial charge in [-0.2, -0.15) is 0 Å². The lowest BCUT2D eigenvalue weighted by Crippen LogP contribution is -2.44. The maximum absolute atomic E-state index is 12.6. The fourth-order valence-electron chi connectivity index (χ4n) is 2.67. The summed E-state index contributed by atoms with van der Waals surface area (Å²) in [6.07, 6.45) is -0.260. The molecule has 0 bridgehead atoms. The van der Waals surface area contributed by atoms with Crippen LogP contribution in [0.4, 0.5) is 10.5 Å². The highest BCUT2D eigenvalue weighted by Gasteiger charge is 2.43. The van der Waals surface area contributed by atoms with E-state index in [1.807, 2.05) is 0 Å². The summed E-state index contributed by atoms with van der Waals surface area (Å²) in [6, 6.07) is 5.87. The second-order valence-corrected chi connectivity index (χ2v) is 13.2. The van der Waals surface area contributed by atoms with Gasteiger partial charge in [0.25, 0.3) is 5.69 Å². The van der Waals surface area contributed by atoms with Gasteiger partial charge in [-0.3, -0.25) is 15.0 Å². The average Bonchev–Trinajstić information content (AvgIpc) is 3.01. The summed E-state index contributed by atoms with van der Waals surface area (Å²) in [4.78, 5) is 29.2. The van der Waals surface area contributed by atoms with Gasteiger partial charge in [-0.1, -0.05) is 25.9 Å². The van der Waals surface area contributed by atoms with Crippen LogP contribution in [0.25, 0.3) is 0 Å². The monoisotopic (exact) mass is 423 g/mol. The molecule has 1 aliphatic heterocycles. The molecule has 1 aromatic carbocycles. The number of oxime groups is 1. The van der Waals surface area contributed by atoms with Crippen LogP contribution in [0.1, 0.15) is 32.8 Å². The van der Waals surface area contributed by atoms with Gasteiger partial charge in [-0.15, -0.1) is 0 Å². The van der Waals surface area contributed by atoms with Crippen LogP contribution in [0.15, 0.2) is 29.4 Å². The summed E-state index contributed by atoms with van der Waals surface area (Å²) in [5.41, 5.74) is 0.641. The Hall–Kier alpha value is -2.46. The topological polar surface area (TPSA) is 104 Å². The number of hydrogen-bond donors (Lipinski definition) is 0. The van der Waals surface area contributed by atoms with E-state index in [1.54, 1.807) is 12.1 Å². The Kier molecular flexibility index (Phi) is 7.01. The fourth-order valence-corrected chi connectivity index (χ4v) is 4.01. The molecule has 0 unspecified atom stereocenters. The van der Waals surface area contributed by atoms with Crippen LogP contribution in [0, 0.1) is 10.1 Å². The molecule has 1 heterocycles. The molecule has 1 saturated heterocycles. The van der Waals surface area contributed by atoms with Crippen molar-refractivity contribution in [3.05, 3.63) is 39.9 Å². The molecule has 0 N–H and O–H groups in total. The Labute approximate surface area is 171 Å². The lowest BCUT2D eigenvalue weighted by atomic mass is 10.2. The lowest BCUT2D eigenvalue weighted by molar-refractivity contribution is -0.384. The fraction of sp³-hybridized carbons (Fsp3) is 0.579. The van der Waals surface area contributed by atoms with Gasteiger partial charge in [-0.25, -0.2) is 4.79 Å². The third-order valence-electron chi connectivity index (χ3n) is 5.30. The molecule has 1 aliphatic rings. The number of benzene rings is 1. The van der Waals surface area contributed by atoms with Gasteiger partial charge in [0, 0.05) is 18.6 Å². The summed E-state index contributed by atoms with van der Waals surface area (Å²) >= 11 is 0. The molecule has 1 aromatic rings. The largest absolute Gasteiger partial charge is 0.444 e. The molecule has 0 aliphatic carbocycles. The summed E-state index contributed by atoms with van der Waals surface area (Å²) in [5.74, 6) is 0.463. The lowest BCUT2D eigenvalue weighted by Gasteiger charge is -2.38. The van der Waals surface area contributed by atoms with Gasteiger partial charge in [0.1, 0.15) is 13.7 Å². The van der Waals surface area contributed by atoms with Crippen LogP contribution in [0.5, 0.6) is 0 Å². The molecule has 0 aromatic heterocycles. The minimum absolute atomic E-state index is 0.00134. The Morgan fingerprint density at radius 1 is 1.31 bits per heavy atom. The Bertz CT molecular complexity index is 773. The number of amidine groups is 1. The number of rotatable bonds is 6. The summed E-state index contributed by atoms with van der Waals surface area (Å²) < 4.78 is 11.8. The van der Waals surface area contributed by atoms with Gasteiger partial charge >= 0.3 is 6.09 Å². The molecular weight excluding hydrogens is 394 g/mol. The number of nitro benzene ring substituents is 1. The molecule has 29 heavy (non-hydrogen) atoms. The highest BCUT2D eigenvalue weighted by atomic mass is 28.4. The van der Waals surface area contributed by atoms with E-state index in [1.165, 1.54) is 24.1 Å². The predicted molar refractivity (Wildman–Crippen MR) is 111 cm³/mol. The first-order valence-corrected chi connectivity index (χ1v) is 12.3. The number of non-ortho nitro benzene ring substituents is 1. The molecule has 1 atom stereocenters. The van der Waals surface area contributed by atoms with Crippen molar-refractivity contribution in [1.29, 1.82) is 0 Å². The SMILES string of the molecule is CON=C1C[C@@H](O[Si](C)(C)C(C)(C)C)CN1C(=O)OCc1ccc([N+](=O)[O-])cc1. The maximum Gasteiger partial charge on any atom is 0.415 e. The molecule has 9 nitrogen and oxygen atoms in total. The summed E-state index contributed by atoms with van der Waals surface area (Å²) in [7, 11) is -0.576. The standard InChI is InChI=1S/C19H29N3O6Si/c1-19(2,3)29(5,6)28-16-11-17(20-26-4)21(12-16)18(23)27-13-14-7-9-15(10-8-14)22(24)25/h7-10,16H,11-13H2,1-6H3/t16-/m1/s1. The highest BCUT2D eigenvalue weighted by Crippen LogP contribution is 2.38. The Morgan fingerprint density at radius 2 is 1.93 bits per heavy atom. The third-order valence-corrected chi connectivity index (χ3v) is 9.84. The number of hydrogen-bond acceptors (Lipinski definition) is 7. The number of carbonyl (C=O) groups is 1. The Balaban J connectivity index is 2.02. The van der Waals surface area contributed by atoms with Crippen molar-refractivity contribution >= 4 is 25.9 Å². The number of amides is 1. The smallest absolute Gasteiger partial charge is 0.415 e. The van der Waals surface area contributed by atoms with Crippen molar-refractivity contribution in [3.63, 3.8) is 0 Å². The first kappa shape index (κ1) is 22.8. The number of nitrogens with zero attached hydrogens (tertiary/aromatic N) is 3. The second kappa shape index (κ2) is 8.91. The molecule has 0 spiro atoms. The minimum atomic E-state index is -2.00.